The number of likely N-dealkylation sites (N-methyl/N-ethyl adjacent to an activating group) is 1. The Hall–Kier alpha value is -2.02. The maximum absolute atomic E-state index is 11.7. The molecule has 2 aromatic carbocycles. The molecule has 1 aliphatic rings. The third-order valence-corrected chi connectivity index (χ3v) is 7.37. The summed E-state index contributed by atoms with van der Waals surface area (Å²) in [5.74, 6) is 2.69. The van der Waals surface area contributed by atoms with Crippen molar-refractivity contribution in [2.24, 2.45) is 4.99 Å². The smallest absolute Gasteiger partial charge is 0.175 e. The zero-order valence-electron chi connectivity index (χ0n) is 22.5. The molecule has 0 atom stereocenters. The highest BCUT2D eigenvalue weighted by Crippen LogP contribution is 2.19. The largest absolute Gasteiger partial charge is 0.355 e. The first kappa shape index (κ1) is 32.0. The highest BCUT2D eigenvalue weighted by molar-refractivity contribution is 7.99. The van der Waals surface area contributed by atoms with Gasteiger partial charge in [0.25, 0.3) is 0 Å². The number of aryl methyl sites for hydroxylation is 1. The molecule has 0 amide bonds. The van der Waals surface area contributed by atoms with E-state index in [4.69, 9.17) is 16.6 Å². The lowest BCUT2D eigenvalue weighted by Gasteiger charge is -2.24. The number of halogens is 1. The van der Waals surface area contributed by atoms with Crippen LogP contribution in [-0.2, 0) is 22.8 Å². The first-order valence-corrected chi connectivity index (χ1v) is 16.0. The van der Waals surface area contributed by atoms with Crippen LogP contribution in [0.3, 0.4) is 0 Å². The molecule has 3 rings (SSSR count). The number of rotatable bonds is 9. The number of hydrogen-bond acceptors (Lipinski definition) is 4. The van der Waals surface area contributed by atoms with Crippen LogP contribution in [0.4, 0.5) is 0 Å². The molecule has 0 fully saturated rings. The monoisotopic (exact) mass is 548 g/mol. The van der Waals surface area contributed by atoms with Crippen molar-refractivity contribution in [3.8, 4) is 0 Å². The number of hydrogen-bond donors (Lipinski definition) is 0. The topological polar surface area (TPSA) is 49.7 Å². The summed E-state index contributed by atoms with van der Waals surface area (Å²) in [7, 11) is -1.14. The minimum Gasteiger partial charge on any atom is -0.355 e. The summed E-state index contributed by atoms with van der Waals surface area (Å²) in [6, 6.07) is 15.1. The Bertz CT molecular complexity index is 1090. The van der Waals surface area contributed by atoms with Gasteiger partial charge in [0, 0.05) is 24.9 Å². The fourth-order valence-corrected chi connectivity index (χ4v) is 4.94. The molecule has 0 saturated carbocycles. The van der Waals surface area contributed by atoms with Gasteiger partial charge in [0.1, 0.15) is 5.84 Å². The van der Waals surface area contributed by atoms with E-state index in [-0.39, 0.29) is 0 Å². The van der Waals surface area contributed by atoms with Crippen LogP contribution in [0.1, 0.15) is 51.7 Å². The quantitative estimate of drug-likeness (QED) is 0.182. The molecule has 0 N–H and O–H groups in total. The predicted molar refractivity (Wildman–Crippen MR) is 160 cm³/mol. The molecular formula is C29H41ClN2O2S2. The van der Waals surface area contributed by atoms with Gasteiger partial charge in [-0.25, -0.2) is 8.42 Å². The lowest BCUT2D eigenvalue weighted by Crippen LogP contribution is -2.28. The molecule has 0 radical (unpaired) electrons. The van der Waals surface area contributed by atoms with Crippen molar-refractivity contribution in [2.75, 3.05) is 24.9 Å². The summed E-state index contributed by atoms with van der Waals surface area (Å²) in [4.78, 5) is 7.43. The first-order chi connectivity index (χ1) is 17.3. The van der Waals surface area contributed by atoms with Gasteiger partial charge < -0.3 is 4.90 Å². The highest BCUT2D eigenvalue weighted by Gasteiger charge is 2.14. The second kappa shape index (κ2) is 17.4. The molecule has 36 heavy (non-hydrogen) atoms. The molecule has 2 aromatic rings. The van der Waals surface area contributed by atoms with E-state index in [2.05, 4.69) is 35.3 Å². The van der Waals surface area contributed by atoms with Crippen LogP contribution in [0, 0.1) is 0 Å². The fourth-order valence-electron chi connectivity index (χ4n) is 3.46. The standard InChI is InChI=1S/C25H29ClN2O2S2.2C2H6/c1-28(18-21-10-14-24(15-11-21)32(2,29)30)25(22-6-4-3-5-7-22)27-19-31-17-16-20-8-12-23(26)13-9-20;2*1-2/h3-4,6,8-15H,5,7,16-19H2,1-2H3;2*1-2H3/b27-25-;;. The number of nitrogens with zero attached hydrogens (tertiary/aromatic N) is 2. The minimum absolute atomic E-state index is 0.343. The molecule has 0 aromatic heterocycles. The van der Waals surface area contributed by atoms with Crippen molar-refractivity contribution in [3.63, 3.8) is 0 Å². The Labute approximate surface area is 228 Å². The van der Waals surface area contributed by atoms with E-state index in [1.807, 2.05) is 70.8 Å². The lowest BCUT2D eigenvalue weighted by molar-refractivity contribution is 0.497. The molecule has 0 saturated heterocycles. The van der Waals surface area contributed by atoms with Crippen molar-refractivity contribution < 1.29 is 8.42 Å². The Kier molecular flexibility index (Phi) is 15.5. The second-order valence-corrected chi connectivity index (χ2v) is 11.4. The van der Waals surface area contributed by atoms with E-state index in [0.717, 1.165) is 41.4 Å². The second-order valence-electron chi connectivity index (χ2n) is 7.83. The van der Waals surface area contributed by atoms with Gasteiger partial charge in [0.2, 0.25) is 0 Å². The summed E-state index contributed by atoms with van der Waals surface area (Å²) >= 11 is 7.77. The van der Waals surface area contributed by atoms with Crippen molar-refractivity contribution in [1.29, 1.82) is 0 Å². The Balaban J connectivity index is 0.00000154. The molecule has 0 heterocycles. The summed E-state index contributed by atoms with van der Waals surface area (Å²) in [5, 5.41) is 0.763. The normalized spacial score (nSPS) is 13.1. The predicted octanol–water partition coefficient (Wildman–Crippen LogP) is 7.84. The van der Waals surface area contributed by atoms with E-state index in [9.17, 15) is 8.42 Å². The van der Waals surface area contributed by atoms with Gasteiger partial charge in [-0.2, -0.15) is 0 Å². The van der Waals surface area contributed by atoms with E-state index >= 15 is 0 Å². The minimum atomic E-state index is -3.18. The molecular weight excluding hydrogens is 508 g/mol. The van der Waals surface area contributed by atoms with Crippen LogP contribution in [0.25, 0.3) is 0 Å². The van der Waals surface area contributed by atoms with Crippen molar-refractivity contribution in [3.05, 3.63) is 88.5 Å². The molecule has 4 nitrogen and oxygen atoms in total. The average molecular weight is 549 g/mol. The summed E-state index contributed by atoms with van der Waals surface area (Å²) in [6.45, 7) is 8.67. The van der Waals surface area contributed by atoms with Crippen molar-refractivity contribution >= 4 is 39.0 Å². The number of allylic oxidation sites excluding steroid dienone is 3. The molecule has 0 aliphatic heterocycles. The highest BCUT2D eigenvalue weighted by atomic mass is 35.5. The number of benzene rings is 2. The van der Waals surface area contributed by atoms with E-state index < -0.39 is 9.84 Å². The Morgan fingerprint density at radius 3 is 2.17 bits per heavy atom. The third kappa shape index (κ3) is 11.4. The van der Waals surface area contributed by atoms with Crippen molar-refractivity contribution in [2.45, 2.75) is 58.4 Å². The Morgan fingerprint density at radius 1 is 1.00 bits per heavy atom. The summed E-state index contributed by atoms with van der Waals surface area (Å²) in [5.41, 5.74) is 3.57. The zero-order valence-corrected chi connectivity index (χ0v) is 24.9. The third-order valence-electron chi connectivity index (χ3n) is 5.19. The number of thioether (sulfide) groups is 1. The SMILES string of the molecule is CC.CC.CN(Cc1ccc(S(C)(=O)=O)cc1)/C(=N\CSCCc1ccc(Cl)cc1)C1=CC=CCC1. The lowest BCUT2D eigenvalue weighted by atomic mass is 10.0. The number of amidine groups is 1. The van der Waals surface area contributed by atoms with Crippen LogP contribution < -0.4 is 0 Å². The average Bonchev–Trinajstić information content (AvgIpc) is 2.90. The summed E-state index contributed by atoms with van der Waals surface area (Å²) in [6.07, 6.45) is 10.6. The molecule has 0 unspecified atom stereocenters. The van der Waals surface area contributed by atoms with Gasteiger partial charge in [-0.1, -0.05) is 81.8 Å². The first-order valence-electron chi connectivity index (χ1n) is 12.6. The van der Waals surface area contributed by atoms with Crippen LogP contribution in [0.15, 0.2) is 82.2 Å². The molecule has 0 bridgehead atoms. The Morgan fingerprint density at radius 2 is 1.61 bits per heavy atom. The van der Waals surface area contributed by atoms with Gasteiger partial charge in [0.15, 0.2) is 9.84 Å². The summed E-state index contributed by atoms with van der Waals surface area (Å²) < 4.78 is 23.4. The van der Waals surface area contributed by atoms with E-state index in [0.29, 0.717) is 17.3 Å². The van der Waals surface area contributed by atoms with Crippen LogP contribution >= 0.6 is 23.4 Å². The molecule has 1 aliphatic carbocycles. The van der Waals surface area contributed by atoms with E-state index in [1.165, 1.54) is 17.4 Å². The van der Waals surface area contributed by atoms with E-state index in [1.54, 1.807) is 12.1 Å². The molecule has 7 heteroatoms. The van der Waals surface area contributed by atoms with Crippen LogP contribution in [0.2, 0.25) is 5.02 Å². The molecule has 0 spiro atoms. The van der Waals surface area contributed by atoms with Gasteiger partial charge in [-0.15, -0.1) is 11.8 Å². The number of sulfone groups is 1. The fraction of sp³-hybridized carbons (Fsp3) is 0.414. The van der Waals surface area contributed by atoms with Crippen LogP contribution in [-0.4, -0.2) is 44.1 Å². The number of aliphatic imine (C=N–C) groups is 1. The zero-order chi connectivity index (χ0) is 27.0. The van der Waals surface area contributed by atoms with Crippen LogP contribution in [0.5, 0.6) is 0 Å². The molecule has 198 valence electrons. The maximum atomic E-state index is 11.7. The van der Waals surface area contributed by atoms with Crippen molar-refractivity contribution in [1.82, 2.24) is 4.90 Å². The maximum Gasteiger partial charge on any atom is 0.175 e. The van der Waals surface area contributed by atoms with Gasteiger partial charge in [-0.3, -0.25) is 4.99 Å². The van der Waals surface area contributed by atoms with Gasteiger partial charge >= 0.3 is 0 Å². The van der Waals surface area contributed by atoms with Gasteiger partial charge in [0.05, 0.1) is 10.8 Å². The van der Waals surface area contributed by atoms with Gasteiger partial charge in [-0.05, 0) is 66.0 Å².